The molecule has 11 heteroatoms. The zero-order chi connectivity index (χ0) is 21.3. The Hall–Kier alpha value is -2.95. The highest BCUT2D eigenvalue weighted by Crippen LogP contribution is 2.33. The molecule has 0 radical (unpaired) electrons. The number of nitrogens with two attached hydrogens (primary N) is 1. The lowest BCUT2D eigenvalue weighted by Gasteiger charge is -2.20. The fourth-order valence-electron chi connectivity index (χ4n) is 2.92. The van der Waals surface area contributed by atoms with Gasteiger partial charge in [-0.25, -0.2) is 4.98 Å². The molecule has 3 heterocycles. The minimum atomic E-state index is -0.665. The van der Waals surface area contributed by atoms with Gasteiger partial charge in [-0.2, -0.15) is 4.98 Å². The van der Waals surface area contributed by atoms with E-state index in [4.69, 9.17) is 19.9 Å². The smallest absolute Gasteiger partial charge is 0.308 e. The first kappa shape index (κ1) is 20.8. The number of H-pyrrole nitrogens is 1. The SMILES string of the molecule is CC(C)C(=O)OC[C@H]1O[C@@H](n2cnc3c(=O)[nH]c(N)nc32)C[C@H]1OC(=O)C(C)C. The van der Waals surface area contributed by atoms with Crippen molar-refractivity contribution in [1.82, 2.24) is 19.5 Å². The summed E-state index contributed by atoms with van der Waals surface area (Å²) in [6.07, 6.45) is -0.224. The van der Waals surface area contributed by atoms with E-state index < -0.39 is 24.0 Å². The van der Waals surface area contributed by atoms with Crippen LogP contribution in [0.5, 0.6) is 0 Å². The second kappa shape index (κ2) is 8.19. The van der Waals surface area contributed by atoms with Gasteiger partial charge in [0, 0.05) is 6.42 Å². The Kier molecular flexibility index (Phi) is 5.87. The fourth-order valence-corrected chi connectivity index (χ4v) is 2.92. The number of hydrogen-bond donors (Lipinski definition) is 2. The lowest BCUT2D eigenvalue weighted by molar-refractivity contribution is -0.162. The number of aromatic nitrogens is 4. The summed E-state index contributed by atoms with van der Waals surface area (Å²) in [5.41, 5.74) is 5.55. The molecule has 0 saturated carbocycles. The van der Waals surface area contributed by atoms with Crippen LogP contribution < -0.4 is 11.3 Å². The number of fused-ring (bicyclic) bond motifs is 1. The van der Waals surface area contributed by atoms with Crippen LogP contribution in [-0.4, -0.2) is 50.3 Å². The normalized spacial score (nSPS) is 21.8. The van der Waals surface area contributed by atoms with E-state index in [1.807, 2.05) is 0 Å². The summed E-state index contributed by atoms with van der Waals surface area (Å²) in [7, 11) is 0. The lowest BCUT2D eigenvalue weighted by Crippen LogP contribution is -2.33. The molecule has 1 aliphatic heterocycles. The molecule has 1 aliphatic rings. The number of nitrogen functional groups attached to an aromatic ring is 1. The molecule has 11 nitrogen and oxygen atoms in total. The second-order valence-electron chi connectivity index (χ2n) is 7.55. The Morgan fingerprint density at radius 3 is 2.66 bits per heavy atom. The molecule has 0 unspecified atom stereocenters. The van der Waals surface area contributed by atoms with Gasteiger partial charge in [0.1, 0.15) is 25.0 Å². The molecular weight excluding hydrogens is 382 g/mol. The topological polar surface area (TPSA) is 151 Å². The number of anilines is 1. The molecule has 3 rings (SSSR count). The summed E-state index contributed by atoms with van der Waals surface area (Å²) in [6.45, 7) is 6.84. The van der Waals surface area contributed by atoms with E-state index in [1.54, 1.807) is 32.3 Å². The number of esters is 2. The van der Waals surface area contributed by atoms with Crippen molar-refractivity contribution in [2.24, 2.45) is 11.8 Å². The van der Waals surface area contributed by atoms with Crippen molar-refractivity contribution in [2.45, 2.75) is 52.6 Å². The van der Waals surface area contributed by atoms with Crippen molar-refractivity contribution >= 4 is 29.1 Å². The van der Waals surface area contributed by atoms with E-state index in [0.29, 0.717) is 0 Å². The first-order valence-corrected chi connectivity index (χ1v) is 9.42. The van der Waals surface area contributed by atoms with Gasteiger partial charge in [0.15, 0.2) is 11.2 Å². The third-order valence-corrected chi connectivity index (χ3v) is 4.54. The maximum Gasteiger partial charge on any atom is 0.308 e. The molecule has 0 aromatic carbocycles. The quantitative estimate of drug-likeness (QED) is 0.661. The molecule has 1 saturated heterocycles. The zero-order valence-electron chi connectivity index (χ0n) is 16.7. The van der Waals surface area contributed by atoms with Crippen LogP contribution in [0, 0.1) is 11.8 Å². The van der Waals surface area contributed by atoms with Crippen LogP contribution in [-0.2, 0) is 23.8 Å². The van der Waals surface area contributed by atoms with Crippen LogP contribution in [0.4, 0.5) is 5.95 Å². The van der Waals surface area contributed by atoms with Crippen LogP contribution in [0.1, 0.15) is 40.3 Å². The standard InChI is InChI=1S/C18H25N5O6/c1-8(2)16(25)27-6-11-10(29-17(26)9(3)4)5-12(28-11)23-7-20-13-14(23)21-18(19)22-15(13)24/h7-12H,5-6H2,1-4H3,(H3,19,21,22,24)/t10-,11-,12-/m1/s1. The van der Waals surface area contributed by atoms with E-state index >= 15 is 0 Å². The van der Waals surface area contributed by atoms with Crippen LogP contribution in [0.3, 0.4) is 0 Å². The molecule has 0 spiro atoms. The highest BCUT2D eigenvalue weighted by molar-refractivity contribution is 5.72. The minimum absolute atomic E-state index is 0.0487. The summed E-state index contributed by atoms with van der Waals surface area (Å²) in [6, 6.07) is 0. The monoisotopic (exact) mass is 407 g/mol. The summed E-state index contributed by atoms with van der Waals surface area (Å²) < 4.78 is 18.4. The molecule has 1 fully saturated rings. The Balaban J connectivity index is 1.84. The van der Waals surface area contributed by atoms with Gasteiger partial charge in [0.2, 0.25) is 5.95 Å². The number of carbonyl (C=O) groups excluding carboxylic acids is 2. The molecular formula is C18H25N5O6. The third kappa shape index (κ3) is 4.39. The van der Waals surface area contributed by atoms with E-state index in [1.165, 1.54) is 6.33 Å². The van der Waals surface area contributed by atoms with Gasteiger partial charge in [-0.1, -0.05) is 27.7 Å². The van der Waals surface area contributed by atoms with Crippen LogP contribution in [0.15, 0.2) is 11.1 Å². The predicted molar refractivity (Wildman–Crippen MR) is 102 cm³/mol. The average Bonchev–Trinajstić information content (AvgIpc) is 3.23. The summed E-state index contributed by atoms with van der Waals surface area (Å²) in [4.78, 5) is 46.5. The summed E-state index contributed by atoms with van der Waals surface area (Å²) in [5.74, 6) is -1.41. The van der Waals surface area contributed by atoms with Gasteiger partial charge in [0.25, 0.3) is 5.56 Å². The predicted octanol–water partition coefficient (Wildman–Crippen LogP) is 0.756. The van der Waals surface area contributed by atoms with Gasteiger partial charge in [-0.15, -0.1) is 0 Å². The van der Waals surface area contributed by atoms with Gasteiger partial charge in [-0.3, -0.25) is 23.9 Å². The van der Waals surface area contributed by atoms with E-state index in [0.717, 1.165) is 0 Å². The molecule has 3 N–H and O–H groups in total. The van der Waals surface area contributed by atoms with E-state index in [-0.39, 0.29) is 53.9 Å². The van der Waals surface area contributed by atoms with E-state index in [9.17, 15) is 14.4 Å². The Morgan fingerprint density at radius 1 is 1.31 bits per heavy atom. The molecule has 2 aromatic rings. The minimum Gasteiger partial charge on any atom is -0.463 e. The first-order chi connectivity index (χ1) is 13.7. The number of carbonyl (C=O) groups is 2. The van der Waals surface area contributed by atoms with Crippen molar-refractivity contribution in [1.29, 1.82) is 0 Å². The molecule has 158 valence electrons. The average molecular weight is 407 g/mol. The number of nitrogens with one attached hydrogen (secondary N) is 1. The maximum atomic E-state index is 12.1. The van der Waals surface area contributed by atoms with Gasteiger partial charge in [0.05, 0.1) is 18.2 Å². The van der Waals surface area contributed by atoms with Gasteiger partial charge in [-0.05, 0) is 0 Å². The Labute approximate surface area is 166 Å². The maximum absolute atomic E-state index is 12.1. The highest BCUT2D eigenvalue weighted by Gasteiger charge is 2.40. The molecule has 2 aromatic heterocycles. The fraction of sp³-hybridized carbons (Fsp3) is 0.611. The zero-order valence-corrected chi connectivity index (χ0v) is 16.7. The largest absolute Gasteiger partial charge is 0.463 e. The molecule has 0 bridgehead atoms. The summed E-state index contributed by atoms with van der Waals surface area (Å²) in [5, 5.41) is 0. The van der Waals surface area contributed by atoms with Crippen molar-refractivity contribution in [2.75, 3.05) is 12.3 Å². The number of imidazole rings is 1. The van der Waals surface area contributed by atoms with Crippen LogP contribution in [0.25, 0.3) is 11.2 Å². The number of nitrogens with zero attached hydrogens (tertiary/aromatic N) is 3. The number of rotatable bonds is 6. The summed E-state index contributed by atoms with van der Waals surface area (Å²) >= 11 is 0. The Bertz CT molecular complexity index is 965. The van der Waals surface area contributed by atoms with Gasteiger partial charge >= 0.3 is 11.9 Å². The molecule has 3 atom stereocenters. The van der Waals surface area contributed by atoms with Gasteiger partial charge < -0.3 is 19.9 Å². The van der Waals surface area contributed by atoms with Crippen molar-refractivity contribution in [3.8, 4) is 0 Å². The number of aromatic amines is 1. The lowest BCUT2D eigenvalue weighted by atomic mass is 10.1. The highest BCUT2D eigenvalue weighted by atomic mass is 16.6. The van der Waals surface area contributed by atoms with Crippen LogP contribution >= 0.6 is 0 Å². The molecule has 29 heavy (non-hydrogen) atoms. The number of ether oxygens (including phenoxy) is 3. The number of hydrogen-bond acceptors (Lipinski definition) is 9. The Morgan fingerprint density at radius 2 is 2.00 bits per heavy atom. The molecule has 0 amide bonds. The molecule has 0 aliphatic carbocycles. The first-order valence-electron chi connectivity index (χ1n) is 9.42. The second-order valence-corrected chi connectivity index (χ2v) is 7.55. The van der Waals surface area contributed by atoms with Crippen LogP contribution in [0.2, 0.25) is 0 Å². The van der Waals surface area contributed by atoms with Crippen molar-refractivity contribution < 1.29 is 23.8 Å². The van der Waals surface area contributed by atoms with E-state index in [2.05, 4.69) is 15.0 Å². The van der Waals surface area contributed by atoms with Crippen molar-refractivity contribution in [3.63, 3.8) is 0 Å². The third-order valence-electron chi connectivity index (χ3n) is 4.54. The van der Waals surface area contributed by atoms with Crippen molar-refractivity contribution in [3.05, 3.63) is 16.7 Å².